The molecule has 0 bridgehead atoms. The Bertz CT molecular complexity index is 754. The molecule has 26 heavy (non-hydrogen) atoms. The average molecular weight is 350 g/mol. The highest BCUT2D eigenvalue weighted by atomic mass is 15.5. The summed E-state index contributed by atoms with van der Waals surface area (Å²) < 4.78 is 0. The van der Waals surface area contributed by atoms with Gasteiger partial charge in [-0.2, -0.15) is 5.10 Å². The first-order valence-electron chi connectivity index (χ1n) is 9.33. The molecule has 0 N–H and O–H groups in total. The molecule has 1 aromatic carbocycles. The monoisotopic (exact) mass is 350 g/mol. The highest BCUT2D eigenvalue weighted by Crippen LogP contribution is 2.27. The molecule has 3 heterocycles. The van der Waals surface area contributed by atoms with Crippen LogP contribution >= 0.6 is 0 Å². The van der Waals surface area contributed by atoms with Crippen LogP contribution < -0.4 is 4.90 Å². The first-order chi connectivity index (χ1) is 12.7. The molecule has 2 atom stereocenters. The molecule has 2 aromatic rings. The van der Waals surface area contributed by atoms with Crippen LogP contribution in [0.25, 0.3) is 11.3 Å². The lowest BCUT2D eigenvalue weighted by molar-refractivity contribution is 0.193. The predicted octanol–water partition coefficient (Wildman–Crippen LogP) is 2.20. The molecule has 1 fully saturated rings. The van der Waals surface area contributed by atoms with Crippen LogP contribution in [0.5, 0.6) is 0 Å². The van der Waals surface area contributed by atoms with Crippen LogP contribution in [0.1, 0.15) is 6.92 Å². The lowest BCUT2D eigenvalue weighted by Crippen LogP contribution is -2.49. The van der Waals surface area contributed by atoms with Crippen molar-refractivity contribution in [1.29, 1.82) is 0 Å². The van der Waals surface area contributed by atoms with Gasteiger partial charge in [0.15, 0.2) is 5.82 Å². The van der Waals surface area contributed by atoms with Crippen LogP contribution in [0.4, 0.5) is 5.82 Å². The third-order valence-corrected chi connectivity index (χ3v) is 5.52. The Morgan fingerprint density at radius 3 is 2.42 bits per heavy atom. The Hall–Kier alpha value is -2.47. The van der Waals surface area contributed by atoms with Gasteiger partial charge in [-0.05, 0) is 6.92 Å². The minimum Gasteiger partial charge on any atom is -0.352 e. The van der Waals surface area contributed by atoms with Crippen molar-refractivity contribution < 1.29 is 0 Å². The van der Waals surface area contributed by atoms with Crippen LogP contribution in [-0.2, 0) is 0 Å². The molecular weight excluding hydrogens is 324 g/mol. The van der Waals surface area contributed by atoms with Crippen molar-refractivity contribution in [3.8, 4) is 11.3 Å². The smallest absolute Gasteiger partial charge is 0.155 e. The van der Waals surface area contributed by atoms with Crippen molar-refractivity contribution >= 4 is 12.0 Å². The van der Waals surface area contributed by atoms with Gasteiger partial charge in [-0.15, -0.1) is 0 Å². The molecule has 2 unspecified atom stereocenters. The maximum Gasteiger partial charge on any atom is 0.155 e. The fraction of sp³-hybridized carbons (Fsp3) is 0.450. The van der Waals surface area contributed by atoms with Crippen molar-refractivity contribution in [2.75, 3.05) is 44.7 Å². The van der Waals surface area contributed by atoms with Gasteiger partial charge in [-0.3, -0.25) is 14.9 Å². The highest BCUT2D eigenvalue weighted by molar-refractivity contribution is 5.72. The quantitative estimate of drug-likeness (QED) is 0.846. The summed E-state index contributed by atoms with van der Waals surface area (Å²) in [6.07, 6.45) is 5.67. The standard InChI is InChI=1S/C20H26N6/c1-16-18(14-23-24(16)2)15-25-10-12-26(13-11-25)20-19(21-8-9-22-20)17-6-4-3-5-7-17/h3-9,14,16,18H,10-13,15H2,1-2H3. The van der Waals surface area contributed by atoms with E-state index in [1.54, 1.807) is 12.4 Å². The molecule has 6 heteroatoms. The fourth-order valence-electron chi connectivity index (χ4n) is 3.70. The van der Waals surface area contributed by atoms with E-state index in [0.29, 0.717) is 12.0 Å². The van der Waals surface area contributed by atoms with E-state index in [1.807, 2.05) is 18.2 Å². The van der Waals surface area contributed by atoms with Crippen molar-refractivity contribution in [2.45, 2.75) is 13.0 Å². The van der Waals surface area contributed by atoms with Gasteiger partial charge in [0.2, 0.25) is 0 Å². The van der Waals surface area contributed by atoms with Crippen LogP contribution in [0.2, 0.25) is 0 Å². The van der Waals surface area contributed by atoms with Crippen LogP contribution in [-0.4, -0.2) is 71.9 Å². The van der Waals surface area contributed by atoms with Gasteiger partial charge in [0.1, 0.15) is 5.69 Å². The first kappa shape index (κ1) is 17.0. The zero-order valence-corrected chi connectivity index (χ0v) is 15.5. The number of rotatable bonds is 4. The SMILES string of the molecule is CC1C(CN2CCN(c3nccnc3-c3ccccc3)CC2)C=NN1C. The van der Waals surface area contributed by atoms with E-state index in [0.717, 1.165) is 49.8 Å². The van der Waals surface area contributed by atoms with Crippen LogP contribution in [0.15, 0.2) is 47.8 Å². The summed E-state index contributed by atoms with van der Waals surface area (Å²) in [7, 11) is 2.05. The van der Waals surface area contributed by atoms with Crippen LogP contribution in [0.3, 0.4) is 0 Å². The van der Waals surface area contributed by atoms with Crippen molar-refractivity contribution in [3.05, 3.63) is 42.7 Å². The van der Waals surface area contributed by atoms with E-state index < -0.39 is 0 Å². The van der Waals surface area contributed by atoms with Gasteiger partial charge in [0, 0.05) is 69.9 Å². The van der Waals surface area contributed by atoms with E-state index in [2.05, 4.69) is 62.2 Å². The minimum atomic E-state index is 0.484. The van der Waals surface area contributed by atoms with Gasteiger partial charge in [-0.1, -0.05) is 30.3 Å². The summed E-state index contributed by atoms with van der Waals surface area (Å²) in [5, 5.41) is 6.49. The Kier molecular flexibility index (Phi) is 4.84. The molecule has 136 valence electrons. The van der Waals surface area contributed by atoms with Gasteiger partial charge < -0.3 is 4.90 Å². The second-order valence-electron chi connectivity index (χ2n) is 7.12. The van der Waals surface area contributed by atoms with Gasteiger partial charge in [0.05, 0.1) is 6.04 Å². The molecule has 1 saturated heterocycles. The molecule has 1 aromatic heterocycles. The van der Waals surface area contributed by atoms with Crippen molar-refractivity contribution in [2.24, 2.45) is 11.0 Å². The fourth-order valence-corrected chi connectivity index (χ4v) is 3.70. The summed E-state index contributed by atoms with van der Waals surface area (Å²) in [5.41, 5.74) is 2.09. The predicted molar refractivity (Wildman–Crippen MR) is 105 cm³/mol. The van der Waals surface area contributed by atoms with Gasteiger partial charge in [0.25, 0.3) is 0 Å². The molecular formula is C20H26N6. The summed E-state index contributed by atoms with van der Waals surface area (Å²) in [6.45, 7) is 7.38. The number of nitrogens with zero attached hydrogens (tertiary/aromatic N) is 6. The van der Waals surface area contributed by atoms with Gasteiger partial charge in [-0.25, -0.2) is 4.98 Å². The Morgan fingerprint density at radius 1 is 1.00 bits per heavy atom. The highest BCUT2D eigenvalue weighted by Gasteiger charge is 2.28. The lowest BCUT2D eigenvalue weighted by atomic mass is 10.0. The van der Waals surface area contributed by atoms with Crippen LogP contribution in [0, 0.1) is 5.92 Å². The lowest BCUT2D eigenvalue weighted by Gasteiger charge is -2.37. The van der Waals surface area contributed by atoms with Crippen molar-refractivity contribution in [1.82, 2.24) is 19.9 Å². The Labute approximate surface area is 155 Å². The topological polar surface area (TPSA) is 47.9 Å². The molecule has 0 aliphatic carbocycles. The number of aromatic nitrogens is 2. The third kappa shape index (κ3) is 3.42. The number of anilines is 1. The summed E-state index contributed by atoms with van der Waals surface area (Å²) in [4.78, 5) is 14.2. The number of hydrazone groups is 1. The summed E-state index contributed by atoms with van der Waals surface area (Å²) >= 11 is 0. The zero-order valence-electron chi connectivity index (χ0n) is 15.5. The molecule has 0 saturated carbocycles. The maximum atomic E-state index is 4.65. The van der Waals surface area contributed by atoms with Crippen molar-refractivity contribution in [3.63, 3.8) is 0 Å². The third-order valence-electron chi connectivity index (χ3n) is 5.52. The molecule has 0 spiro atoms. The molecule has 0 radical (unpaired) electrons. The normalized spacial score (nSPS) is 23.6. The second kappa shape index (κ2) is 7.41. The summed E-state index contributed by atoms with van der Waals surface area (Å²) in [6, 6.07) is 10.8. The largest absolute Gasteiger partial charge is 0.352 e. The average Bonchev–Trinajstić information content (AvgIpc) is 3.01. The molecule has 4 rings (SSSR count). The summed E-state index contributed by atoms with van der Waals surface area (Å²) in [5.74, 6) is 1.51. The number of benzene rings is 1. The molecule has 2 aliphatic heterocycles. The number of hydrogen-bond acceptors (Lipinski definition) is 6. The van der Waals surface area contributed by atoms with E-state index in [-0.39, 0.29) is 0 Å². The van der Waals surface area contributed by atoms with E-state index in [4.69, 9.17) is 0 Å². The van der Waals surface area contributed by atoms with E-state index >= 15 is 0 Å². The Morgan fingerprint density at radius 2 is 1.73 bits per heavy atom. The molecule has 0 amide bonds. The number of hydrogen-bond donors (Lipinski definition) is 0. The molecule has 2 aliphatic rings. The number of piperazine rings is 1. The maximum absolute atomic E-state index is 4.65. The van der Waals surface area contributed by atoms with Gasteiger partial charge >= 0.3 is 0 Å². The van der Waals surface area contributed by atoms with E-state index in [9.17, 15) is 0 Å². The first-order valence-corrected chi connectivity index (χ1v) is 9.33. The minimum absolute atomic E-state index is 0.484. The Balaban J connectivity index is 1.42. The molecule has 6 nitrogen and oxygen atoms in total. The second-order valence-corrected chi connectivity index (χ2v) is 7.12. The van der Waals surface area contributed by atoms with E-state index in [1.165, 1.54) is 0 Å². The zero-order chi connectivity index (χ0) is 17.9.